The van der Waals surface area contributed by atoms with E-state index in [1.54, 1.807) is 0 Å². The summed E-state index contributed by atoms with van der Waals surface area (Å²) in [4.78, 5) is 25.4. The first-order chi connectivity index (χ1) is 14.5. The third-order valence-corrected chi connectivity index (χ3v) is 7.05. The summed E-state index contributed by atoms with van der Waals surface area (Å²) in [5.41, 5.74) is 1.66. The molecular formula is C23H18BrClN2O3. The highest BCUT2D eigenvalue weighted by atomic mass is 79.9. The smallest absolute Gasteiger partial charge is 0.254 e. The van der Waals surface area contributed by atoms with Gasteiger partial charge in [0.25, 0.3) is 11.8 Å². The van der Waals surface area contributed by atoms with Crippen LogP contribution in [0.5, 0.6) is 5.75 Å². The minimum absolute atomic E-state index is 0.181. The van der Waals surface area contributed by atoms with Crippen molar-refractivity contribution in [3.05, 3.63) is 75.2 Å². The first-order valence-electron chi connectivity index (χ1n) is 9.79. The number of rotatable bonds is 5. The van der Waals surface area contributed by atoms with Crippen LogP contribution in [0.4, 0.5) is 0 Å². The zero-order chi connectivity index (χ0) is 20.8. The molecule has 0 N–H and O–H groups in total. The maximum atomic E-state index is 12.7. The maximum absolute atomic E-state index is 12.7. The molecule has 0 unspecified atom stereocenters. The minimum atomic E-state index is -0.239. The molecule has 2 aromatic rings. The SMILES string of the molecule is O=C1[C@@H]2[C@@H](C(=O)N1/N=C\c1ccc(OCc3ccccc3Cl)c(Br)c1)[C@H]1C=C[C@H]2C1. The van der Waals surface area contributed by atoms with E-state index in [-0.39, 0.29) is 35.5 Å². The maximum Gasteiger partial charge on any atom is 0.254 e. The van der Waals surface area contributed by atoms with Crippen molar-refractivity contribution in [2.24, 2.45) is 28.8 Å². The Kier molecular flexibility index (Phi) is 4.99. The second-order valence-corrected chi connectivity index (χ2v) is 9.06. The number of hydrogen-bond acceptors (Lipinski definition) is 4. The van der Waals surface area contributed by atoms with Crippen molar-refractivity contribution < 1.29 is 14.3 Å². The number of ether oxygens (including phenoxy) is 1. The highest BCUT2D eigenvalue weighted by Crippen LogP contribution is 2.52. The lowest BCUT2D eigenvalue weighted by molar-refractivity contribution is -0.140. The molecule has 0 spiro atoms. The fourth-order valence-electron chi connectivity index (χ4n) is 4.61. The molecule has 152 valence electrons. The second-order valence-electron chi connectivity index (χ2n) is 7.80. The van der Waals surface area contributed by atoms with Gasteiger partial charge in [-0.15, -0.1) is 0 Å². The van der Waals surface area contributed by atoms with Crippen molar-refractivity contribution in [2.45, 2.75) is 13.0 Å². The number of carbonyl (C=O) groups excluding carboxylic acids is 2. The Morgan fingerprint density at radius 3 is 2.47 bits per heavy atom. The van der Waals surface area contributed by atoms with Crippen molar-refractivity contribution in [1.82, 2.24) is 5.01 Å². The molecule has 2 aliphatic carbocycles. The number of hydrogen-bond donors (Lipinski definition) is 0. The van der Waals surface area contributed by atoms with Gasteiger partial charge < -0.3 is 4.74 Å². The van der Waals surface area contributed by atoms with Gasteiger partial charge in [0.1, 0.15) is 12.4 Å². The largest absolute Gasteiger partial charge is 0.488 e. The van der Waals surface area contributed by atoms with Crippen LogP contribution in [-0.4, -0.2) is 23.0 Å². The summed E-state index contributed by atoms with van der Waals surface area (Å²) in [5, 5.41) is 5.92. The van der Waals surface area contributed by atoms with E-state index in [1.165, 1.54) is 6.21 Å². The standard InChI is InChI=1S/C23H18BrClN2O3/c24-17-9-13(5-8-19(17)30-12-16-3-1-2-4-18(16)25)11-26-27-22(28)20-14-6-7-15(10-14)21(20)23(27)29/h1-9,11,14-15,20-21H,10,12H2/b26-11-/t14-,15-,20-,21-/m0/s1. The van der Waals surface area contributed by atoms with Gasteiger partial charge in [0, 0.05) is 10.6 Å². The Bertz CT molecular complexity index is 1070. The lowest BCUT2D eigenvalue weighted by atomic mass is 9.85. The summed E-state index contributed by atoms with van der Waals surface area (Å²) >= 11 is 9.67. The van der Waals surface area contributed by atoms with Crippen LogP contribution >= 0.6 is 27.5 Å². The van der Waals surface area contributed by atoms with E-state index >= 15 is 0 Å². The van der Waals surface area contributed by atoms with E-state index in [0.717, 1.165) is 27.0 Å². The Hall–Kier alpha value is -2.44. The number of hydrazone groups is 1. The van der Waals surface area contributed by atoms with Crippen LogP contribution in [0.25, 0.3) is 0 Å². The van der Waals surface area contributed by atoms with Gasteiger partial charge in [-0.3, -0.25) is 9.59 Å². The molecule has 0 radical (unpaired) electrons. The Labute approximate surface area is 187 Å². The number of nitrogens with zero attached hydrogens (tertiary/aromatic N) is 2. The summed E-state index contributed by atoms with van der Waals surface area (Å²) in [6, 6.07) is 13.0. The van der Waals surface area contributed by atoms with Crippen LogP contribution in [0.3, 0.4) is 0 Å². The van der Waals surface area contributed by atoms with Crippen molar-refractivity contribution >= 4 is 45.6 Å². The lowest BCUT2D eigenvalue weighted by Crippen LogP contribution is -2.28. The predicted octanol–water partition coefficient (Wildman–Crippen LogP) is 4.82. The van der Waals surface area contributed by atoms with Crippen LogP contribution in [0.15, 0.2) is 64.2 Å². The fourth-order valence-corrected chi connectivity index (χ4v) is 5.31. The third kappa shape index (κ3) is 3.28. The fraction of sp³-hybridized carbons (Fsp3) is 0.261. The normalized spacial score (nSPS) is 26.8. The molecule has 7 heteroatoms. The van der Waals surface area contributed by atoms with Gasteiger partial charge in [-0.25, -0.2) is 0 Å². The van der Waals surface area contributed by atoms with Crippen LogP contribution in [0, 0.1) is 23.7 Å². The molecule has 0 aromatic heterocycles. The minimum Gasteiger partial charge on any atom is -0.488 e. The topological polar surface area (TPSA) is 59.0 Å². The molecule has 30 heavy (non-hydrogen) atoms. The summed E-state index contributed by atoms with van der Waals surface area (Å²) in [6.07, 6.45) is 6.59. The number of carbonyl (C=O) groups is 2. The molecule has 1 saturated carbocycles. The Balaban J connectivity index is 1.27. The zero-order valence-electron chi connectivity index (χ0n) is 15.9. The molecule has 4 atom stereocenters. The lowest BCUT2D eigenvalue weighted by Gasteiger charge is -2.13. The van der Waals surface area contributed by atoms with Gasteiger partial charge in [0.2, 0.25) is 0 Å². The summed E-state index contributed by atoms with van der Waals surface area (Å²) in [7, 11) is 0. The highest BCUT2D eigenvalue weighted by Gasteiger charge is 2.59. The molecule has 1 saturated heterocycles. The molecular weight excluding hydrogens is 468 g/mol. The quantitative estimate of drug-likeness (QED) is 0.346. The average Bonchev–Trinajstić information content (AvgIpc) is 3.41. The number of imide groups is 1. The molecule has 1 aliphatic heterocycles. The van der Waals surface area contributed by atoms with Crippen LogP contribution in [0.1, 0.15) is 17.5 Å². The molecule has 2 fully saturated rings. The van der Waals surface area contributed by atoms with E-state index in [0.29, 0.717) is 17.4 Å². The van der Waals surface area contributed by atoms with Gasteiger partial charge in [-0.2, -0.15) is 10.1 Å². The number of amides is 2. The van der Waals surface area contributed by atoms with E-state index < -0.39 is 0 Å². The molecule has 2 aromatic carbocycles. The van der Waals surface area contributed by atoms with E-state index in [1.807, 2.05) is 42.5 Å². The van der Waals surface area contributed by atoms with Crippen molar-refractivity contribution in [3.8, 4) is 5.75 Å². The molecule has 2 bridgehead atoms. The van der Waals surface area contributed by atoms with Crippen molar-refractivity contribution in [1.29, 1.82) is 0 Å². The number of benzene rings is 2. The van der Waals surface area contributed by atoms with E-state index in [2.05, 4.69) is 33.2 Å². The van der Waals surface area contributed by atoms with E-state index in [9.17, 15) is 9.59 Å². The van der Waals surface area contributed by atoms with Gasteiger partial charge in [0.15, 0.2) is 0 Å². The van der Waals surface area contributed by atoms with Gasteiger partial charge >= 0.3 is 0 Å². The van der Waals surface area contributed by atoms with Crippen molar-refractivity contribution in [2.75, 3.05) is 0 Å². The number of allylic oxidation sites excluding steroid dienone is 2. The highest BCUT2D eigenvalue weighted by molar-refractivity contribution is 9.10. The summed E-state index contributed by atoms with van der Waals surface area (Å²) < 4.78 is 6.60. The predicted molar refractivity (Wildman–Crippen MR) is 117 cm³/mol. The molecule has 3 aliphatic rings. The first kappa shape index (κ1) is 19.5. The van der Waals surface area contributed by atoms with Gasteiger partial charge in [-0.1, -0.05) is 42.0 Å². The van der Waals surface area contributed by atoms with Crippen LogP contribution in [0.2, 0.25) is 5.02 Å². The monoisotopic (exact) mass is 484 g/mol. The zero-order valence-corrected chi connectivity index (χ0v) is 18.2. The molecule has 2 amide bonds. The Morgan fingerprint density at radius 1 is 1.10 bits per heavy atom. The second kappa shape index (κ2) is 7.67. The van der Waals surface area contributed by atoms with Gasteiger partial charge in [0.05, 0.1) is 22.5 Å². The average molecular weight is 486 g/mol. The van der Waals surface area contributed by atoms with Crippen molar-refractivity contribution in [3.63, 3.8) is 0 Å². The Morgan fingerprint density at radius 2 is 1.80 bits per heavy atom. The molecule has 1 heterocycles. The van der Waals surface area contributed by atoms with Crippen LogP contribution in [-0.2, 0) is 16.2 Å². The van der Waals surface area contributed by atoms with E-state index in [4.69, 9.17) is 16.3 Å². The first-order valence-corrected chi connectivity index (χ1v) is 11.0. The number of fused-ring (bicyclic) bond motifs is 5. The number of halogens is 2. The van der Waals surface area contributed by atoms with Gasteiger partial charge in [-0.05, 0) is 64.0 Å². The summed E-state index contributed by atoms with van der Waals surface area (Å²) in [6.45, 7) is 0.349. The van der Waals surface area contributed by atoms with Crippen LogP contribution < -0.4 is 4.74 Å². The molecule has 5 rings (SSSR count). The summed E-state index contributed by atoms with van der Waals surface area (Å²) in [5.74, 6) is 0.181. The third-order valence-electron chi connectivity index (χ3n) is 6.07. The molecule has 5 nitrogen and oxygen atoms in total.